The lowest BCUT2D eigenvalue weighted by Gasteiger charge is -2.05. The van der Waals surface area contributed by atoms with E-state index in [9.17, 15) is 0 Å². The summed E-state index contributed by atoms with van der Waals surface area (Å²) in [7, 11) is 0. The Morgan fingerprint density at radius 2 is 2.10 bits per heavy atom. The van der Waals surface area contributed by atoms with Crippen LogP contribution in [0.2, 0.25) is 10.0 Å². The van der Waals surface area contributed by atoms with Gasteiger partial charge >= 0.3 is 0 Å². The van der Waals surface area contributed by atoms with E-state index in [-0.39, 0.29) is 0 Å². The lowest BCUT2D eigenvalue weighted by Crippen LogP contribution is -2.19. The Morgan fingerprint density at radius 3 is 2.85 bits per heavy atom. The van der Waals surface area contributed by atoms with E-state index in [4.69, 9.17) is 23.2 Å². The molecule has 0 aliphatic rings. The van der Waals surface area contributed by atoms with Crippen molar-refractivity contribution in [2.75, 3.05) is 6.54 Å². The molecule has 2 aromatic rings. The smallest absolute Gasteiger partial charge is 0.164 e. The molecule has 0 aliphatic heterocycles. The molecule has 0 unspecified atom stereocenters. The van der Waals surface area contributed by atoms with Crippen LogP contribution in [0, 0.1) is 5.92 Å². The molecule has 1 aromatic carbocycles. The minimum atomic E-state index is 0.566. The highest BCUT2D eigenvalue weighted by atomic mass is 35.5. The molecule has 0 amide bonds. The molecular formula is C14H18Cl2N4. The summed E-state index contributed by atoms with van der Waals surface area (Å²) in [5.74, 6) is 1.39. The first-order valence-corrected chi connectivity index (χ1v) is 7.33. The van der Waals surface area contributed by atoms with Crippen molar-refractivity contribution in [2.45, 2.75) is 26.9 Å². The van der Waals surface area contributed by atoms with E-state index >= 15 is 0 Å². The van der Waals surface area contributed by atoms with Crippen molar-refractivity contribution in [1.29, 1.82) is 0 Å². The van der Waals surface area contributed by atoms with Gasteiger partial charge in [0.05, 0.1) is 13.1 Å². The quantitative estimate of drug-likeness (QED) is 0.889. The molecule has 0 saturated heterocycles. The number of hydrogen-bond donors (Lipinski definition) is 1. The highest BCUT2D eigenvalue weighted by Crippen LogP contribution is 2.21. The van der Waals surface area contributed by atoms with Gasteiger partial charge in [0.2, 0.25) is 0 Å². The maximum atomic E-state index is 6.14. The highest BCUT2D eigenvalue weighted by molar-refractivity contribution is 6.33. The standard InChI is InChI=1S/C14H18Cl2N4/c1-10(2)6-17-7-14-18-9-20(19-14)8-11-5-12(15)3-4-13(11)16/h3-5,9-10,17H,6-8H2,1-2H3. The van der Waals surface area contributed by atoms with Crippen LogP contribution in [0.15, 0.2) is 24.5 Å². The number of hydrogen-bond acceptors (Lipinski definition) is 3. The van der Waals surface area contributed by atoms with Crippen molar-refractivity contribution in [3.05, 3.63) is 46.0 Å². The zero-order chi connectivity index (χ0) is 14.5. The van der Waals surface area contributed by atoms with Crippen LogP contribution in [0.4, 0.5) is 0 Å². The van der Waals surface area contributed by atoms with Crippen molar-refractivity contribution in [3.8, 4) is 0 Å². The molecule has 108 valence electrons. The molecule has 1 aromatic heterocycles. The summed E-state index contributed by atoms with van der Waals surface area (Å²) >= 11 is 12.1. The molecule has 2 rings (SSSR count). The number of nitrogens with one attached hydrogen (secondary N) is 1. The van der Waals surface area contributed by atoms with E-state index in [0.29, 0.717) is 29.1 Å². The summed E-state index contributed by atoms with van der Waals surface area (Å²) in [6.07, 6.45) is 1.71. The van der Waals surface area contributed by atoms with Crippen LogP contribution >= 0.6 is 23.2 Å². The Bertz CT molecular complexity index is 566. The van der Waals surface area contributed by atoms with Crippen molar-refractivity contribution in [2.24, 2.45) is 5.92 Å². The SMILES string of the molecule is CC(C)CNCc1ncn(Cc2cc(Cl)ccc2Cl)n1. The molecule has 4 nitrogen and oxygen atoms in total. The van der Waals surface area contributed by atoms with Crippen molar-refractivity contribution < 1.29 is 0 Å². The highest BCUT2D eigenvalue weighted by Gasteiger charge is 2.05. The number of halogens is 2. The van der Waals surface area contributed by atoms with Gasteiger partial charge in [0.1, 0.15) is 6.33 Å². The van der Waals surface area contributed by atoms with Crippen molar-refractivity contribution >= 4 is 23.2 Å². The number of aromatic nitrogens is 3. The van der Waals surface area contributed by atoms with Gasteiger partial charge in [0, 0.05) is 10.0 Å². The second-order valence-electron chi connectivity index (χ2n) is 5.12. The Hall–Kier alpha value is -1.10. The molecule has 1 heterocycles. The van der Waals surface area contributed by atoms with Crippen LogP contribution in [0.1, 0.15) is 25.2 Å². The summed E-state index contributed by atoms with van der Waals surface area (Å²) in [5, 5.41) is 9.08. The first-order chi connectivity index (χ1) is 9.54. The van der Waals surface area contributed by atoms with Crippen LogP contribution < -0.4 is 5.32 Å². The summed E-state index contributed by atoms with van der Waals surface area (Å²) in [5.41, 5.74) is 0.936. The Kier molecular flexibility index (Phi) is 5.40. The molecule has 0 bridgehead atoms. The molecule has 6 heteroatoms. The fourth-order valence-electron chi connectivity index (χ4n) is 1.80. The van der Waals surface area contributed by atoms with Gasteiger partial charge in [-0.3, -0.25) is 0 Å². The van der Waals surface area contributed by atoms with Gasteiger partial charge in [-0.2, -0.15) is 5.10 Å². The Labute approximate surface area is 129 Å². The van der Waals surface area contributed by atoms with Crippen molar-refractivity contribution in [3.63, 3.8) is 0 Å². The van der Waals surface area contributed by atoms with Crippen LogP contribution in [-0.4, -0.2) is 21.3 Å². The van der Waals surface area contributed by atoms with Gasteiger partial charge in [-0.15, -0.1) is 0 Å². The molecule has 0 fully saturated rings. The molecule has 0 atom stereocenters. The van der Waals surface area contributed by atoms with Gasteiger partial charge in [-0.05, 0) is 36.2 Å². The summed E-state index contributed by atoms with van der Waals surface area (Å²) in [6.45, 7) is 6.53. The Balaban J connectivity index is 1.97. The van der Waals surface area contributed by atoms with E-state index < -0.39 is 0 Å². The van der Waals surface area contributed by atoms with E-state index in [0.717, 1.165) is 17.9 Å². The number of benzene rings is 1. The molecule has 0 radical (unpaired) electrons. The van der Waals surface area contributed by atoms with E-state index in [1.165, 1.54) is 0 Å². The average molecular weight is 313 g/mol. The first-order valence-electron chi connectivity index (χ1n) is 6.57. The second kappa shape index (κ2) is 7.07. The van der Waals surface area contributed by atoms with Crippen LogP contribution in [0.5, 0.6) is 0 Å². The second-order valence-corrected chi connectivity index (χ2v) is 5.96. The Morgan fingerprint density at radius 1 is 1.30 bits per heavy atom. The zero-order valence-corrected chi connectivity index (χ0v) is 13.1. The van der Waals surface area contributed by atoms with Gasteiger partial charge < -0.3 is 5.32 Å². The lowest BCUT2D eigenvalue weighted by atomic mass is 10.2. The molecule has 0 spiro atoms. The van der Waals surface area contributed by atoms with Gasteiger partial charge in [-0.25, -0.2) is 9.67 Å². The van der Waals surface area contributed by atoms with Crippen LogP contribution in [0.25, 0.3) is 0 Å². The number of nitrogens with zero attached hydrogens (tertiary/aromatic N) is 3. The predicted molar refractivity (Wildman–Crippen MR) is 82.1 cm³/mol. The topological polar surface area (TPSA) is 42.7 Å². The maximum absolute atomic E-state index is 6.14. The third-order valence-corrected chi connectivity index (χ3v) is 3.36. The zero-order valence-electron chi connectivity index (χ0n) is 11.6. The molecule has 0 aliphatic carbocycles. The number of rotatable bonds is 6. The summed E-state index contributed by atoms with van der Waals surface area (Å²) < 4.78 is 1.77. The molecular weight excluding hydrogens is 295 g/mol. The van der Waals surface area contributed by atoms with E-state index in [1.807, 2.05) is 6.07 Å². The minimum absolute atomic E-state index is 0.566. The molecule has 0 saturated carbocycles. The van der Waals surface area contributed by atoms with Crippen LogP contribution in [0.3, 0.4) is 0 Å². The lowest BCUT2D eigenvalue weighted by molar-refractivity contribution is 0.539. The molecule has 1 N–H and O–H groups in total. The monoisotopic (exact) mass is 312 g/mol. The summed E-state index contributed by atoms with van der Waals surface area (Å²) in [4.78, 5) is 4.27. The van der Waals surface area contributed by atoms with E-state index in [2.05, 4.69) is 29.2 Å². The normalized spacial score (nSPS) is 11.2. The minimum Gasteiger partial charge on any atom is -0.310 e. The molecule has 20 heavy (non-hydrogen) atoms. The third-order valence-electron chi connectivity index (χ3n) is 2.76. The fourth-order valence-corrected chi connectivity index (χ4v) is 2.17. The van der Waals surface area contributed by atoms with Gasteiger partial charge in [0.25, 0.3) is 0 Å². The van der Waals surface area contributed by atoms with Crippen molar-refractivity contribution in [1.82, 2.24) is 20.1 Å². The third kappa shape index (κ3) is 4.47. The van der Waals surface area contributed by atoms with Gasteiger partial charge in [0.15, 0.2) is 5.82 Å². The van der Waals surface area contributed by atoms with Gasteiger partial charge in [-0.1, -0.05) is 37.0 Å². The fraction of sp³-hybridized carbons (Fsp3) is 0.429. The predicted octanol–water partition coefficient (Wildman–Crippen LogP) is 3.38. The van der Waals surface area contributed by atoms with E-state index in [1.54, 1.807) is 23.1 Å². The average Bonchev–Trinajstić information content (AvgIpc) is 2.81. The largest absolute Gasteiger partial charge is 0.310 e. The first kappa shape index (κ1) is 15.3. The summed E-state index contributed by atoms with van der Waals surface area (Å²) in [6, 6.07) is 5.42. The van der Waals surface area contributed by atoms with Crippen LogP contribution in [-0.2, 0) is 13.1 Å². The maximum Gasteiger partial charge on any atom is 0.164 e.